The van der Waals surface area contributed by atoms with Gasteiger partial charge in [0.05, 0.1) is 28.5 Å². The molecule has 212 valence electrons. The van der Waals surface area contributed by atoms with Gasteiger partial charge in [-0.25, -0.2) is 23.0 Å². The van der Waals surface area contributed by atoms with Crippen LogP contribution in [0.3, 0.4) is 0 Å². The van der Waals surface area contributed by atoms with E-state index in [0.29, 0.717) is 26.8 Å². The van der Waals surface area contributed by atoms with E-state index >= 15 is 0 Å². The third-order valence-corrected chi connectivity index (χ3v) is 9.63. The zero-order valence-corrected chi connectivity index (χ0v) is 24.2. The molecule has 5 rings (SSSR count). The Hall–Kier alpha value is -3.55. The van der Waals surface area contributed by atoms with Crippen molar-refractivity contribution in [2.45, 2.75) is 50.8 Å². The van der Waals surface area contributed by atoms with Gasteiger partial charge in [-0.1, -0.05) is 32.9 Å². The van der Waals surface area contributed by atoms with Crippen molar-refractivity contribution in [1.82, 2.24) is 14.3 Å². The molecule has 0 aliphatic carbocycles. The summed E-state index contributed by atoms with van der Waals surface area (Å²) in [7, 11) is -3.60. The minimum Gasteiger partial charge on any atom is -0.424 e. The van der Waals surface area contributed by atoms with Gasteiger partial charge in [-0.3, -0.25) is 9.20 Å². The quantitative estimate of drug-likeness (QED) is 0.239. The lowest BCUT2D eigenvalue weighted by atomic mass is 9.77. The van der Waals surface area contributed by atoms with Crippen LogP contribution in [0.1, 0.15) is 54.4 Å². The van der Waals surface area contributed by atoms with Gasteiger partial charge in [-0.15, -0.1) is 11.3 Å². The second-order valence-electron chi connectivity index (χ2n) is 10.4. The molecule has 2 aromatic heterocycles. The molecule has 2 aliphatic heterocycles. The van der Waals surface area contributed by atoms with Crippen LogP contribution >= 0.6 is 11.3 Å². The van der Waals surface area contributed by atoms with E-state index in [4.69, 9.17) is 9.47 Å². The highest BCUT2D eigenvalue weighted by molar-refractivity contribution is 7.91. The fourth-order valence-corrected chi connectivity index (χ4v) is 7.68. The molecule has 13 heteroatoms. The summed E-state index contributed by atoms with van der Waals surface area (Å²) in [5.41, 5.74) is 1.83. The number of imidazole rings is 1. The standard InChI is InChI=1S/C27H29N3O8S2/c1-13(2)16-6-8-17(9-7-16)26(33)37-12-38-27(34)22-19(14(3)21-20(15(4)31)24(32)30(21)22)18-10-29-11-28-23(25(29)39-18)40(5,35)36/h6-11,13-15,20-21,31H,12H2,1-5H3/t14-,15+,20+,21+/m0/s1. The molecular weight excluding hydrogens is 558 g/mol. The lowest BCUT2D eigenvalue weighted by Gasteiger charge is -2.46. The van der Waals surface area contributed by atoms with E-state index in [2.05, 4.69) is 4.98 Å². The highest BCUT2D eigenvalue weighted by atomic mass is 32.2. The molecule has 40 heavy (non-hydrogen) atoms. The number of carbonyl (C=O) groups excluding carboxylic acids is 3. The van der Waals surface area contributed by atoms with Crippen LogP contribution in [0.4, 0.5) is 0 Å². The van der Waals surface area contributed by atoms with E-state index in [1.165, 1.54) is 18.2 Å². The van der Waals surface area contributed by atoms with Crippen LogP contribution in [0.5, 0.6) is 0 Å². The number of aromatic nitrogens is 2. The zero-order valence-electron chi connectivity index (χ0n) is 22.5. The van der Waals surface area contributed by atoms with Gasteiger partial charge in [0.1, 0.15) is 16.9 Å². The summed E-state index contributed by atoms with van der Waals surface area (Å²) in [5, 5.41) is 10.1. The van der Waals surface area contributed by atoms with Crippen molar-refractivity contribution >= 4 is 49.4 Å². The molecule has 0 bridgehead atoms. The first kappa shape index (κ1) is 28.0. The largest absolute Gasteiger partial charge is 0.424 e. The number of amides is 1. The molecule has 1 amide bonds. The molecule has 1 saturated heterocycles. The lowest BCUT2D eigenvalue weighted by molar-refractivity contribution is -0.166. The van der Waals surface area contributed by atoms with Gasteiger partial charge in [0.15, 0.2) is 14.9 Å². The van der Waals surface area contributed by atoms with Crippen molar-refractivity contribution in [2.24, 2.45) is 11.8 Å². The summed E-state index contributed by atoms with van der Waals surface area (Å²) in [6.45, 7) is 6.76. The second-order valence-corrected chi connectivity index (χ2v) is 13.4. The van der Waals surface area contributed by atoms with Gasteiger partial charge < -0.3 is 19.5 Å². The Kier molecular flexibility index (Phi) is 7.09. The van der Waals surface area contributed by atoms with Crippen LogP contribution in [-0.2, 0) is 28.9 Å². The first-order valence-corrected chi connectivity index (χ1v) is 15.4. The van der Waals surface area contributed by atoms with Crippen molar-refractivity contribution < 1.29 is 37.4 Å². The Morgan fingerprint density at radius 2 is 1.77 bits per heavy atom. The van der Waals surface area contributed by atoms with Gasteiger partial charge in [0.2, 0.25) is 12.7 Å². The number of β-lactam (4-membered cyclic amide) rings is 1. The smallest absolute Gasteiger partial charge is 0.358 e. The first-order chi connectivity index (χ1) is 18.8. The molecular formula is C27H29N3O8S2. The predicted octanol–water partition coefficient (Wildman–Crippen LogP) is 2.85. The Balaban J connectivity index is 1.42. The van der Waals surface area contributed by atoms with Gasteiger partial charge in [0, 0.05) is 23.9 Å². The molecule has 11 nitrogen and oxygen atoms in total. The highest BCUT2D eigenvalue weighted by Gasteiger charge is 2.60. The average Bonchev–Trinajstić information content (AvgIpc) is 3.53. The minimum atomic E-state index is -3.60. The molecule has 4 atom stereocenters. The number of carbonyl (C=O) groups is 3. The SMILES string of the molecule is CC(C)c1ccc(C(=O)OCOC(=O)C2=C(c3cn4cnc(S(C)(=O)=O)c4s3)[C@H](C)[C@@H]3[C@@H]([C@@H](C)O)C(=O)N23)cc1. The number of aliphatic hydroxyl groups is 1. The fourth-order valence-electron chi connectivity index (χ4n) is 5.33. The van der Waals surface area contributed by atoms with Crippen LogP contribution in [0.15, 0.2) is 47.5 Å². The van der Waals surface area contributed by atoms with Crippen molar-refractivity contribution in [3.63, 3.8) is 0 Å². The van der Waals surface area contributed by atoms with Gasteiger partial charge in [-0.05, 0) is 30.5 Å². The molecule has 0 radical (unpaired) electrons. The Morgan fingerprint density at radius 3 is 2.38 bits per heavy atom. The van der Waals surface area contributed by atoms with E-state index in [0.717, 1.165) is 23.2 Å². The van der Waals surface area contributed by atoms with Crippen LogP contribution in [0.25, 0.3) is 10.4 Å². The van der Waals surface area contributed by atoms with Gasteiger partial charge in [0.25, 0.3) is 0 Å². The Labute approximate surface area is 234 Å². The molecule has 0 spiro atoms. The van der Waals surface area contributed by atoms with Gasteiger partial charge >= 0.3 is 11.9 Å². The summed E-state index contributed by atoms with van der Waals surface area (Å²) >= 11 is 1.12. The predicted molar refractivity (Wildman–Crippen MR) is 145 cm³/mol. The van der Waals surface area contributed by atoms with Crippen molar-refractivity contribution in [3.8, 4) is 0 Å². The maximum absolute atomic E-state index is 13.4. The molecule has 1 fully saturated rings. The summed E-state index contributed by atoms with van der Waals surface area (Å²) in [6, 6.07) is 6.44. The summed E-state index contributed by atoms with van der Waals surface area (Å²) in [4.78, 5) is 45.1. The fraction of sp³-hybridized carbons (Fsp3) is 0.407. The monoisotopic (exact) mass is 587 g/mol. The van der Waals surface area contributed by atoms with E-state index in [1.807, 2.05) is 32.9 Å². The molecule has 1 N–H and O–H groups in total. The maximum atomic E-state index is 13.4. The number of esters is 2. The normalized spacial score (nSPS) is 21.5. The van der Waals surface area contributed by atoms with E-state index < -0.39 is 52.5 Å². The number of ether oxygens (including phenoxy) is 2. The van der Waals surface area contributed by atoms with Crippen LogP contribution in [-0.4, -0.2) is 70.8 Å². The molecule has 4 heterocycles. The number of fused-ring (bicyclic) bond motifs is 2. The topological polar surface area (TPSA) is 145 Å². The molecule has 0 unspecified atom stereocenters. The van der Waals surface area contributed by atoms with E-state index in [-0.39, 0.29) is 16.6 Å². The second kappa shape index (κ2) is 10.1. The highest BCUT2D eigenvalue weighted by Crippen LogP contribution is 2.51. The van der Waals surface area contributed by atoms with Crippen molar-refractivity contribution in [3.05, 3.63) is 58.5 Å². The number of nitrogens with zero attached hydrogens (tertiary/aromatic N) is 3. The average molecular weight is 588 g/mol. The third kappa shape index (κ3) is 4.61. The molecule has 2 aliphatic rings. The molecule has 3 aromatic rings. The van der Waals surface area contributed by atoms with Crippen LogP contribution in [0.2, 0.25) is 0 Å². The number of benzene rings is 1. The number of aliphatic hydroxyl groups excluding tert-OH is 1. The number of hydrogen-bond donors (Lipinski definition) is 1. The van der Waals surface area contributed by atoms with Crippen LogP contribution < -0.4 is 0 Å². The number of rotatable bonds is 8. The first-order valence-electron chi connectivity index (χ1n) is 12.7. The lowest BCUT2D eigenvalue weighted by Crippen LogP contribution is -2.63. The van der Waals surface area contributed by atoms with Crippen LogP contribution in [0, 0.1) is 11.8 Å². The summed E-state index contributed by atoms with van der Waals surface area (Å²) < 4.78 is 36.4. The van der Waals surface area contributed by atoms with Gasteiger partial charge in [-0.2, -0.15) is 0 Å². The molecule has 0 saturated carbocycles. The number of sulfone groups is 1. The third-order valence-electron chi connectivity index (χ3n) is 7.35. The van der Waals surface area contributed by atoms with E-state index in [1.54, 1.807) is 22.7 Å². The maximum Gasteiger partial charge on any atom is 0.358 e. The number of thiazole rings is 1. The van der Waals surface area contributed by atoms with E-state index in [9.17, 15) is 27.9 Å². The minimum absolute atomic E-state index is 0.0184. The van der Waals surface area contributed by atoms with Crippen molar-refractivity contribution in [1.29, 1.82) is 0 Å². The summed E-state index contributed by atoms with van der Waals surface area (Å²) in [5.74, 6) is -2.74. The Morgan fingerprint density at radius 1 is 1.12 bits per heavy atom. The number of hydrogen-bond acceptors (Lipinski definition) is 10. The zero-order chi connectivity index (χ0) is 29.1. The Bertz CT molecular complexity index is 1650. The van der Waals surface area contributed by atoms with Crippen molar-refractivity contribution in [2.75, 3.05) is 13.0 Å². The molecule has 1 aromatic carbocycles. The summed E-state index contributed by atoms with van der Waals surface area (Å²) in [6.07, 6.45) is 3.15.